The number of halogens is 3. The van der Waals surface area contributed by atoms with Crippen LogP contribution in [0.5, 0.6) is 11.8 Å². The third-order valence-electron chi connectivity index (χ3n) is 9.73. The molecule has 0 bridgehead atoms. The molecule has 0 aliphatic carbocycles. The molecule has 10 nitrogen and oxygen atoms in total. The number of benzene rings is 2. The fourth-order valence-electron chi connectivity index (χ4n) is 7.48. The van der Waals surface area contributed by atoms with E-state index in [2.05, 4.69) is 20.2 Å². The van der Waals surface area contributed by atoms with Crippen LogP contribution >= 0.6 is 0 Å². The smallest absolute Gasteiger partial charge is 0.319 e. The molecular formula is C36H43F3N6O4. The number of anilines is 1. The Bertz CT molecular complexity index is 1860. The van der Waals surface area contributed by atoms with Crippen molar-refractivity contribution in [2.24, 2.45) is 5.92 Å². The first kappa shape index (κ1) is 34.6. The molecule has 1 amide bonds. The number of carbonyl (C=O) groups is 1. The third kappa shape index (κ3) is 6.83. The lowest BCUT2D eigenvalue weighted by Gasteiger charge is -2.31. The summed E-state index contributed by atoms with van der Waals surface area (Å²) in [7, 11) is 4.89. The van der Waals surface area contributed by atoms with Gasteiger partial charge < -0.3 is 24.4 Å². The summed E-state index contributed by atoms with van der Waals surface area (Å²) in [6, 6.07) is 6.36. The van der Waals surface area contributed by atoms with Crippen molar-refractivity contribution >= 4 is 33.4 Å². The standard InChI is InChI=1S/C36H43F3N6O4/c1-6-25-28(38)9-8-22-13-24(49-20-47-5)14-26(30(22)25)32-31(39)33-27(16-41-32)34(44(4)17-21(2)12-29(46)40-3)43-35(42-33)48-19-36-10-7-11-45(36)18-23(37)15-36/h8-9,13-14,16,21,23H,6-7,10-12,15,17-20H2,1-5H3,(H,40,46)/t21?,23-,36+/m1/s1. The first-order valence-electron chi connectivity index (χ1n) is 16.7. The summed E-state index contributed by atoms with van der Waals surface area (Å²) in [6.07, 6.45) is 3.32. The van der Waals surface area contributed by atoms with Gasteiger partial charge in [-0.3, -0.25) is 14.7 Å². The van der Waals surface area contributed by atoms with Crippen molar-refractivity contribution in [3.8, 4) is 23.0 Å². The van der Waals surface area contributed by atoms with Crippen LogP contribution in [0.1, 0.15) is 45.1 Å². The summed E-state index contributed by atoms with van der Waals surface area (Å²) in [4.78, 5) is 29.9. The molecule has 1 N–H and O–H groups in total. The number of carbonyl (C=O) groups excluding carboxylic acids is 1. The van der Waals surface area contributed by atoms with Gasteiger partial charge in [0.2, 0.25) is 5.91 Å². The van der Waals surface area contributed by atoms with Gasteiger partial charge in [0.25, 0.3) is 0 Å². The van der Waals surface area contributed by atoms with Crippen molar-refractivity contribution in [3.05, 3.63) is 47.7 Å². The number of fused-ring (bicyclic) bond motifs is 3. The van der Waals surface area contributed by atoms with Gasteiger partial charge in [0.15, 0.2) is 12.6 Å². The van der Waals surface area contributed by atoms with Crippen LogP contribution in [0.4, 0.5) is 19.0 Å². The average molecular weight is 681 g/mol. The Morgan fingerprint density at radius 3 is 2.80 bits per heavy atom. The molecule has 2 aliphatic heterocycles. The maximum absolute atomic E-state index is 17.0. The van der Waals surface area contributed by atoms with Crippen molar-refractivity contribution in [2.45, 2.75) is 57.7 Å². The van der Waals surface area contributed by atoms with E-state index in [1.165, 1.54) is 19.4 Å². The summed E-state index contributed by atoms with van der Waals surface area (Å²) in [5.41, 5.74) is 0.235. The van der Waals surface area contributed by atoms with Crippen molar-refractivity contribution in [1.29, 1.82) is 0 Å². The SMILES string of the molecule is CCc1c(F)ccc2cc(OCOC)cc(-c3ncc4c(N(C)CC(C)CC(=O)NC)nc(OC[C@@]56CCCN5C[C@H](F)C6)nc4c3F)c12. The normalized spacial score (nSPS) is 19.7. The molecule has 6 rings (SSSR count). The Kier molecular flexibility index (Phi) is 10.1. The Morgan fingerprint density at radius 1 is 1.22 bits per heavy atom. The van der Waals surface area contributed by atoms with Crippen LogP contribution in [0.25, 0.3) is 32.9 Å². The predicted molar refractivity (Wildman–Crippen MR) is 182 cm³/mol. The molecule has 262 valence electrons. The van der Waals surface area contributed by atoms with E-state index in [1.54, 1.807) is 32.3 Å². The van der Waals surface area contributed by atoms with E-state index in [4.69, 9.17) is 19.2 Å². The molecule has 2 aliphatic rings. The lowest BCUT2D eigenvalue weighted by atomic mass is 9.94. The number of ether oxygens (including phenoxy) is 3. The van der Waals surface area contributed by atoms with Gasteiger partial charge >= 0.3 is 6.01 Å². The zero-order chi connectivity index (χ0) is 34.9. The largest absolute Gasteiger partial charge is 0.468 e. The highest BCUT2D eigenvalue weighted by atomic mass is 19.1. The maximum Gasteiger partial charge on any atom is 0.319 e. The number of nitrogens with zero attached hydrogens (tertiary/aromatic N) is 5. The van der Waals surface area contributed by atoms with Crippen LogP contribution in [-0.2, 0) is 16.0 Å². The van der Waals surface area contributed by atoms with Crippen LogP contribution in [0.2, 0.25) is 0 Å². The summed E-state index contributed by atoms with van der Waals surface area (Å²) in [5, 5.41) is 4.16. The van der Waals surface area contributed by atoms with Crippen molar-refractivity contribution in [2.75, 3.05) is 59.1 Å². The molecule has 2 saturated heterocycles. The minimum Gasteiger partial charge on any atom is -0.468 e. The first-order valence-corrected chi connectivity index (χ1v) is 16.7. The average Bonchev–Trinajstić information content (AvgIpc) is 3.61. The number of nitrogens with one attached hydrogen (secondary N) is 1. The first-order chi connectivity index (χ1) is 23.6. The van der Waals surface area contributed by atoms with Gasteiger partial charge in [0.1, 0.15) is 41.4 Å². The van der Waals surface area contributed by atoms with E-state index < -0.39 is 23.3 Å². The maximum atomic E-state index is 17.0. The topological polar surface area (TPSA) is 102 Å². The second-order valence-corrected chi connectivity index (χ2v) is 13.2. The van der Waals surface area contributed by atoms with E-state index in [1.807, 2.05) is 18.7 Å². The molecule has 2 aromatic heterocycles. The minimum absolute atomic E-state index is 0.0304. The molecule has 2 fully saturated rings. The quantitative estimate of drug-likeness (QED) is 0.175. The number of methoxy groups -OCH3 is 1. The lowest BCUT2D eigenvalue weighted by Crippen LogP contribution is -2.43. The summed E-state index contributed by atoms with van der Waals surface area (Å²) < 4.78 is 63.7. The highest BCUT2D eigenvalue weighted by Crippen LogP contribution is 2.42. The molecule has 2 aromatic carbocycles. The van der Waals surface area contributed by atoms with Crippen LogP contribution in [0, 0.1) is 17.6 Å². The Morgan fingerprint density at radius 2 is 2.04 bits per heavy atom. The number of aryl methyl sites for hydroxylation is 1. The number of aromatic nitrogens is 3. The van der Waals surface area contributed by atoms with Crippen LogP contribution < -0.4 is 19.7 Å². The zero-order valence-corrected chi connectivity index (χ0v) is 28.6. The van der Waals surface area contributed by atoms with Gasteiger partial charge in [-0.05, 0) is 66.3 Å². The molecule has 0 spiro atoms. The van der Waals surface area contributed by atoms with Crippen molar-refractivity contribution in [3.63, 3.8) is 0 Å². The number of hydrogen-bond acceptors (Lipinski definition) is 9. The summed E-state index contributed by atoms with van der Waals surface area (Å²) in [6.45, 7) is 5.49. The number of pyridine rings is 1. The predicted octanol–water partition coefficient (Wildman–Crippen LogP) is 5.83. The van der Waals surface area contributed by atoms with Crippen LogP contribution in [-0.4, -0.2) is 91.7 Å². The molecule has 0 radical (unpaired) electrons. The molecule has 4 heterocycles. The van der Waals surface area contributed by atoms with E-state index in [-0.39, 0.29) is 48.9 Å². The summed E-state index contributed by atoms with van der Waals surface area (Å²) >= 11 is 0. The molecule has 1 unspecified atom stereocenters. The number of rotatable bonds is 13. The van der Waals surface area contributed by atoms with Crippen molar-refractivity contribution < 1.29 is 32.2 Å². The van der Waals surface area contributed by atoms with Gasteiger partial charge in [-0.15, -0.1) is 0 Å². The lowest BCUT2D eigenvalue weighted by molar-refractivity contribution is -0.121. The molecule has 4 aromatic rings. The summed E-state index contributed by atoms with van der Waals surface area (Å²) in [5.74, 6) is -0.520. The van der Waals surface area contributed by atoms with E-state index in [0.29, 0.717) is 64.8 Å². The number of hydrogen-bond donors (Lipinski definition) is 1. The highest BCUT2D eigenvalue weighted by Gasteiger charge is 2.49. The third-order valence-corrected chi connectivity index (χ3v) is 9.73. The fourth-order valence-corrected chi connectivity index (χ4v) is 7.48. The van der Waals surface area contributed by atoms with Gasteiger partial charge in [0.05, 0.1) is 10.9 Å². The second-order valence-electron chi connectivity index (χ2n) is 13.2. The number of alkyl halides is 1. The van der Waals surface area contributed by atoms with Crippen LogP contribution in [0.15, 0.2) is 30.5 Å². The van der Waals surface area contributed by atoms with Gasteiger partial charge in [-0.25, -0.2) is 13.2 Å². The van der Waals surface area contributed by atoms with Gasteiger partial charge in [0, 0.05) is 58.9 Å². The van der Waals surface area contributed by atoms with Crippen LogP contribution in [0.3, 0.4) is 0 Å². The Hall–Kier alpha value is -4.23. The molecule has 49 heavy (non-hydrogen) atoms. The molecule has 0 saturated carbocycles. The Labute approximate surface area is 284 Å². The van der Waals surface area contributed by atoms with Gasteiger partial charge in [-0.1, -0.05) is 19.9 Å². The van der Waals surface area contributed by atoms with Gasteiger partial charge in [-0.2, -0.15) is 9.97 Å². The van der Waals surface area contributed by atoms with E-state index in [9.17, 15) is 9.18 Å². The van der Waals surface area contributed by atoms with E-state index in [0.717, 1.165) is 19.4 Å². The van der Waals surface area contributed by atoms with Crippen molar-refractivity contribution in [1.82, 2.24) is 25.2 Å². The second kappa shape index (κ2) is 14.3. The van der Waals surface area contributed by atoms with E-state index >= 15 is 8.78 Å². The minimum atomic E-state index is -0.938. The zero-order valence-electron chi connectivity index (χ0n) is 28.6. The molecule has 3 atom stereocenters. The fraction of sp³-hybridized carbons (Fsp3) is 0.500. The molecular weight excluding hydrogens is 637 g/mol. The molecule has 13 heteroatoms. The Balaban J connectivity index is 1.48. The number of amides is 1. The monoisotopic (exact) mass is 680 g/mol. The highest BCUT2D eigenvalue weighted by molar-refractivity contribution is 6.01.